The number of rotatable bonds is 4. The lowest BCUT2D eigenvalue weighted by molar-refractivity contribution is 0.102. The van der Waals surface area contributed by atoms with Crippen molar-refractivity contribution in [1.82, 2.24) is 0 Å². The van der Waals surface area contributed by atoms with E-state index in [1.807, 2.05) is 13.8 Å². The fraction of sp³-hybridized carbons (Fsp3) is 0.235. The number of phenolic OH excluding ortho intramolecular Hbond substituents is 1. The summed E-state index contributed by atoms with van der Waals surface area (Å²) in [4.78, 5) is 12.2. The smallest absolute Gasteiger partial charge is 0.255 e. The van der Waals surface area contributed by atoms with Crippen LogP contribution < -0.4 is 10.1 Å². The van der Waals surface area contributed by atoms with Crippen molar-refractivity contribution in [1.29, 1.82) is 0 Å². The van der Waals surface area contributed by atoms with Gasteiger partial charge < -0.3 is 15.2 Å². The second-order valence-corrected chi connectivity index (χ2v) is 4.87. The first kappa shape index (κ1) is 14.9. The molecule has 0 saturated heterocycles. The lowest BCUT2D eigenvalue weighted by Gasteiger charge is -2.11. The first-order chi connectivity index (χ1) is 10.0. The maximum Gasteiger partial charge on any atom is 0.255 e. The number of amides is 1. The third kappa shape index (κ3) is 3.54. The highest BCUT2D eigenvalue weighted by Gasteiger charge is 2.09. The van der Waals surface area contributed by atoms with Gasteiger partial charge in [-0.25, -0.2) is 0 Å². The Hall–Kier alpha value is -2.49. The number of carbonyl (C=O) groups is 1. The number of aryl methyl sites for hydroxylation is 2. The third-order valence-corrected chi connectivity index (χ3v) is 3.22. The van der Waals surface area contributed by atoms with Crippen molar-refractivity contribution in [3.05, 3.63) is 53.1 Å². The molecule has 0 aliphatic rings. The summed E-state index contributed by atoms with van der Waals surface area (Å²) >= 11 is 0. The molecule has 21 heavy (non-hydrogen) atoms. The molecule has 2 rings (SSSR count). The lowest BCUT2D eigenvalue weighted by Crippen LogP contribution is -2.12. The van der Waals surface area contributed by atoms with Crippen LogP contribution in [0.1, 0.15) is 28.4 Å². The summed E-state index contributed by atoms with van der Waals surface area (Å²) in [5.41, 5.74) is 2.80. The normalized spacial score (nSPS) is 10.2. The molecular formula is C17H19NO3. The Labute approximate surface area is 124 Å². The highest BCUT2D eigenvalue weighted by molar-refractivity contribution is 6.04. The van der Waals surface area contributed by atoms with Crippen molar-refractivity contribution >= 4 is 11.6 Å². The molecule has 0 fully saturated rings. The lowest BCUT2D eigenvalue weighted by atomic mass is 10.1. The number of aromatic hydroxyl groups is 1. The van der Waals surface area contributed by atoms with E-state index in [4.69, 9.17) is 4.74 Å². The number of benzene rings is 2. The van der Waals surface area contributed by atoms with Crippen molar-refractivity contribution < 1.29 is 14.6 Å². The van der Waals surface area contributed by atoms with Crippen LogP contribution in [0, 0.1) is 13.8 Å². The van der Waals surface area contributed by atoms with Gasteiger partial charge in [0.1, 0.15) is 11.5 Å². The first-order valence-corrected chi connectivity index (χ1v) is 6.85. The molecule has 0 aromatic heterocycles. The standard InChI is InChI=1S/C17H19NO3/c1-4-21-14-7-5-13(6-8-14)17(20)18-15-9-12(3)16(19)10-11(15)2/h5-10,19H,4H2,1-3H3,(H,18,20). The predicted molar refractivity (Wildman–Crippen MR) is 83.1 cm³/mol. The van der Waals surface area contributed by atoms with Crippen LogP contribution in [-0.2, 0) is 0 Å². The zero-order chi connectivity index (χ0) is 15.4. The molecule has 0 aliphatic carbocycles. The minimum Gasteiger partial charge on any atom is -0.508 e. The van der Waals surface area contributed by atoms with E-state index in [2.05, 4.69) is 5.32 Å². The average Bonchev–Trinajstić information content (AvgIpc) is 2.46. The van der Waals surface area contributed by atoms with Crippen molar-refractivity contribution in [3.8, 4) is 11.5 Å². The SMILES string of the molecule is CCOc1ccc(C(=O)Nc2cc(C)c(O)cc2C)cc1. The minimum absolute atomic E-state index is 0.189. The van der Waals surface area contributed by atoms with Crippen LogP contribution in [0.2, 0.25) is 0 Å². The Morgan fingerprint density at radius 3 is 2.43 bits per heavy atom. The molecule has 0 atom stereocenters. The summed E-state index contributed by atoms with van der Waals surface area (Å²) in [7, 11) is 0. The second-order valence-electron chi connectivity index (χ2n) is 4.87. The molecule has 0 unspecified atom stereocenters. The number of carbonyl (C=O) groups excluding carboxylic acids is 1. The van der Waals surface area contributed by atoms with E-state index in [-0.39, 0.29) is 11.7 Å². The predicted octanol–water partition coefficient (Wildman–Crippen LogP) is 3.66. The fourth-order valence-electron chi connectivity index (χ4n) is 2.00. The highest BCUT2D eigenvalue weighted by Crippen LogP contribution is 2.25. The average molecular weight is 285 g/mol. The number of ether oxygens (including phenoxy) is 1. The van der Waals surface area contributed by atoms with Crippen LogP contribution >= 0.6 is 0 Å². The zero-order valence-corrected chi connectivity index (χ0v) is 12.4. The van der Waals surface area contributed by atoms with Crippen LogP contribution in [0.25, 0.3) is 0 Å². The molecule has 110 valence electrons. The third-order valence-electron chi connectivity index (χ3n) is 3.22. The number of hydrogen-bond acceptors (Lipinski definition) is 3. The molecule has 0 saturated carbocycles. The molecular weight excluding hydrogens is 266 g/mol. The van der Waals surface area contributed by atoms with Crippen LogP contribution in [0.4, 0.5) is 5.69 Å². The van der Waals surface area contributed by atoms with Crippen LogP contribution in [0.3, 0.4) is 0 Å². The molecule has 2 N–H and O–H groups in total. The second kappa shape index (κ2) is 6.31. The van der Waals surface area contributed by atoms with Crippen molar-refractivity contribution in [2.45, 2.75) is 20.8 Å². The van der Waals surface area contributed by atoms with Gasteiger partial charge in [0.05, 0.1) is 6.61 Å². The van der Waals surface area contributed by atoms with E-state index in [1.54, 1.807) is 43.3 Å². The number of phenols is 1. The Morgan fingerprint density at radius 2 is 1.81 bits per heavy atom. The van der Waals surface area contributed by atoms with Gasteiger partial charge in [-0.1, -0.05) is 0 Å². The summed E-state index contributed by atoms with van der Waals surface area (Å²) in [6, 6.07) is 10.4. The summed E-state index contributed by atoms with van der Waals surface area (Å²) in [6.45, 7) is 6.14. The van der Waals surface area contributed by atoms with Crippen LogP contribution in [0.5, 0.6) is 11.5 Å². The van der Waals surface area contributed by atoms with Gasteiger partial charge in [0.25, 0.3) is 5.91 Å². The molecule has 4 heteroatoms. The largest absolute Gasteiger partial charge is 0.508 e. The Bertz CT molecular complexity index is 648. The van der Waals surface area contributed by atoms with Crippen LogP contribution in [0.15, 0.2) is 36.4 Å². The summed E-state index contributed by atoms with van der Waals surface area (Å²) in [5.74, 6) is 0.781. The highest BCUT2D eigenvalue weighted by atomic mass is 16.5. The van der Waals surface area contributed by atoms with E-state index in [0.717, 1.165) is 16.9 Å². The summed E-state index contributed by atoms with van der Waals surface area (Å²) in [5, 5.41) is 12.5. The van der Waals surface area contributed by atoms with Gasteiger partial charge in [0.2, 0.25) is 0 Å². The van der Waals surface area contributed by atoms with Gasteiger partial charge in [0, 0.05) is 11.3 Å². The van der Waals surface area contributed by atoms with Gasteiger partial charge in [-0.15, -0.1) is 0 Å². The van der Waals surface area contributed by atoms with Gasteiger partial charge in [-0.2, -0.15) is 0 Å². The fourth-order valence-corrected chi connectivity index (χ4v) is 2.00. The molecule has 0 bridgehead atoms. The molecule has 0 heterocycles. The summed E-state index contributed by atoms with van der Waals surface area (Å²) in [6.07, 6.45) is 0. The molecule has 2 aromatic carbocycles. The maximum atomic E-state index is 12.2. The van der Waals surface area contributed by atoms with Crippen LogP contribution in [-0.4, -0.2) is 17.6 Å². The number of anilines is 1. The molecule has 1 amide bonds. The molecule has 0 aliphatic heterocycles. The Morgan fingerprint density at radius 1 is 1.14 bits per heavy atom. The minimum atomic E-state index is -0.189. The monoisotopic (exact) mass is 285 g/mol. The van der Waals surface area contributed by atoms with Gasteiger partial charge >= 0.3 is 0 Å². The number of hydrogen-bond donors (Lipinski definition) is 2. The van der Waals surface area contributed by atoms with Crippen molar-refractivity contribution in [3.63, 3.8) is 0 Å². The van der Waals surface area contributed by atoms with E-state index in [9.17, 15) is 9.90 Å². The quantitative estimate of drug-likeness (QED) is 0.843. The Kier molecular flexibility index (Phi) is 4.48. The molecule has 0 spiro atoms. The Balaban J connectivity index is 2.16. The van der Waals surface area contributed by atoms with Gasteiger partial charge in [-0.3, -0.25) is 4.79 Å². The van der Waals surface area contributed by atoms with Crippen molar-refractivity contribution in [2.24, 2.45) is 0 Å². The van der Waals surface area contributed by atoms with E-state index < -0.39 is 0 Å². The van der Waals surface area contributed by atoms with Gasteiger partial charge in [-0.05, 0) is 68.3 Å². The van der Waals surface area contributed by atoms with E-state index in [1.165, 1.54) is 0 Å². The summed E-state index contributed by atoms with van der Waals surface area (Å²) < 4.78 is 5.35. The molecule has 2 aromatic rings. The topological polar surface area (TPSA) is 58.6 Å². The van der Waals surface area contributed by atoms with E-state index in [0.29, 0.717) is 17.9 Å². The number of nitrogens with one attached hydrogen (secondary N) is 1. The first-order valence-electron chi connectivity index (χ1n) is 6.85. The van der Waals surface area contributed by atoms with E-state index >= 15 is 0 Å². The van der Waals surface area contributed by atoms with Crippen molar-refractivity contribution in [2.75, 3.05) is 11.9 Å². The zero-order valence-electron chi connectivity index (χ0n) is 12.4. The van der Waals surface area contributed by atoms with Gasteiger partial charge in [0.15, 0.2) is 0 Å². The molecule has 4 nitrogen and oxygen atoms in total. The molecule has 0 radical (unpaired) electrons. The maximum absolute atomic E-state index is 12.2.